The minimum absolute atomic E-state index is 0.0170. The van der Waals surface area contributed by atoms with Gasteiger partial charge >= 0.3 is 0 Å². The van der Waals surface area contributed by atoms with Gasteiger partial charge in [0.05, 0.1) is 6.42 Å². The van der Waals surface area contributed by atoms with E-state index in [0.717, 1.165) is 30.3 Å². The Morgan fingerprint density at radius 1 is 1.17 bits per heavy atom. The van der Waals surface area contributed by atoms with Crippen LogP contribution in [-0.4, -0.2) is 19.0 Å². The van der Waals surface area contributed by atoms with Crippen LogP contribution in [0.3, 0.4) is 0 Å². The summed E-state index contributed by atoms with van der Waals surface area (Å²) < 4.78 is 0. The molecule has 0 spiro atoms. The van der Waals surface area contributed by atoms with Gasteiger partial charge in [-0.2, -0.15) is 0 Å². The quantitative estimate of drug-likeness (QED) is 0.869. The van der Waals surface area contributed by atoms with E-state index in [9.17, 15) is 4.79 Å². The average molecular weight is 343 g/mol. The van der Waals surface area contributed by atoms with Gasteiger partial charge in [-0.3, -0.25) is 4.79 Å². The minimum Gasteiger partial charge on any atom is -0.371 e. The lowest BCUT2D eigenvalue weighted by Crippen LogP contribution is -2.34. The van der Waals surface area contributed by atoms with E-state index in [1.54, 1.807) is 12.1 Å². The Morgan fingerprint density at radius 2 is 1.88 bits per heavy atom. The summed E-state index contributed by atoms with van der Waals surface area (Å²) in [5.41, 5.74) is 3.02. The van der Waals surface area contributed by atoms with Crippen LogP contribution in [0.1, 0.15) is 25.3 Å². The lowest BCUT2D eigenvalue weighted by atomic mass is 10.00. The maximum Gasteiger partial charge on any atom is 0.228 e. The van der Waals surface area contributed by atoms with Crippen molar-refractivity contribution in [1.82, 2.24) is 0 Å². The summed E-state index contributed by atoms with van der Waals surface area (Å²) in [4.78, 5) is 14.6. The maximum absolute atomic E-state index is 12.1. The molecular formula is C20H23ClN2O. The molecule has 3 rings (SSSR count). The lowest BCUT2D eigenvalue weighted by molar-refractivity contribution is -0.115. The van der Waals surface area contributed by atoms with E-state index < -0.39 is 0 Å². The number of hydrogen-bond acceptors (Lipinski definition) is 2. The zero-order valence-corrected chi connectivity index (χ0v) is 14.7. The number of carbonyl (C=O) groups is 1. The number of rotatable bonds is 4. The molecule has 24 heavy (non-hydrogen) atoms. The Balaban J connectivity index is 1.57. The molecule has 126 valence electrons. The molecule has 1 unspecified atom stereocenters. The fraction of sp³-hybridized carbons (Fsp3) is 0.350. The molecule has 1 N–H and O–H groups in total. The van der Waals surface area contributed by atoms with Gasteiger partial charge in [0.15, 0.2) is 0 Å². The molecule has 2 aromatic carbocycles. The Hall–Kier alpha value is -2.00. The Bertz CT molecular complexity index is 682. The summed E-state index contributed by atoms with van der Waals surface area (Å²) in [6, 6.07) is 15.5. The lowest BCUT2D eigenvalue weighted by Gasteiger charge is -2.32. The number of halogens is 1. The molecule has 1 atom stereocenters. The molecule has 1 heterocycles. The van der Waals surface area contributed by atoms with E-state index in [4.69, 9.17) is 11.6 Å². The first-order valence-corrected chi connectivity index (χ1v) is 8.87. The molecule has 0 radical (unpaired) electrons. The average Bonchev–Trinajstić information content (AvgIpc) is 2.58. The number of anilines is 2. The van der Waals surface area contributed by atoms with Gasteiger partial charge in [0.2, 0.25) is 5.91 Å². The van der Waals surface area contributed by atoms with E-state index in [1.165, 1.54) is 18.5 Å². The van der Waals surface area contributed by atoms with Gasteiger partial charge < -0.3 is 10.2 Å². The molecule has 0 aliphatic carbocycles. The van der Waals surface area contributed by atoms with Gasteiger partial charge in [0.25, 0.3) is 0 Å². The number of nitrogens with zero attached hydrogens (tertiary/aromatic N) is 1. The first-order chi connectivity index (χ1) is 11.6. The predicted octanol–water partition coefficient (Wildman–Crippen LogP) is 4.76. The van der Waals surface area contributed by atoms with E-state index in [0.29, 0.717) is 11.4 Å². The fourth-order valence-electron chi connectivity index (χ4n) is 3.17. The molecule has 1 fully saturated rings. The summed E-state index contributed by atoms with van der Waals surface area (Å²) in [5, 5.41) is 3.64. The molecule has 3 nitrogen and oxygen atoms in total. The maximum atomic E-state index is 12.1. The van der Waals surface area contributed by atoms with Gasteiger partial charge in [-0.05, 0) is 60.7 Å². The zero-order valence-electron chi connectivity index (χ0n) is 14.0. The second kappa shape index (κ2) is 7.71. The van der Waals surface area contributed by atoms with Gasteiger partial charge in [-0.1, -0.05) is 30.7 Å². The van der Waals surface area contributed by atoms with E-state index >= 15 is 0 Å². The molecule has 4 heteroatoms. The summed E-state index contributed by atoms with van der Waals surface area (Å²) >= 11 is 5.86. The normalized spacial score (nSPS) is 17.6. The number of carbonyl (C=O) groups excluding carboxylic acids is 1. The summed E-state index contributed by atoms with van der Waals surface area (Å²) in [6.07, 6.45) is 2.92. The van der Waals surface area contributed by atoms with Crippen molar-refractivity contribution in [3.05, 3.63) is 59.1 Å². The van der Waals surface area contributed by atoms with E-state index in [-0.39, 0.29) is 5.91 Å². The van der Waals surface area contributed by atoms with Crippen LogP contribution < -0.4 is 10.2 Å². The van der Waals surface area contributed by atoms with Crippen molar-refractivity contribution in [3.63, 3.8) is 0 Å². The fourth-order valence-corrected chi connectivity index (χ4v) is 3.30. The molecule has 0 aromatic heterocycles. The van der Waals surface area contributed by atoms with Crippen molar-refractivity contribution in [2.24, 2.45) is 5.92 Å². The molecule has 0 bridgehead atoms. The first kappa shape index (κ1) is 16.8. The Labute approximate surface area is 148 Å². The molecular weight excluding hydrogens is 320 g/mol. The zero-order chi connectivity index (χ0) is 16.9. The monoisotopic (exact) mass is 342 g/mol. The SMILES string of the molecule is CC1CCCN(c2ccc(NC(=O)Cc3ccc(Cl)cc3)cc2)C1. The van der Waals surface area contributed by atoms with Crippen LogP contribution in [0.25, 0.3) is 0 Å². The van der Waals surface area contributed by atoms with Crippen LogP contribution in [0.2, 0.25) is 5.02 Å². The molecule has 1 saturated heterocycles. The van der Waals surface area contributed by atoms with Crippen LogP contribution >= 0.6 is 11.6 Å². The molecule has 1 amide bonds. The Morgan fingerprint density at radius 3 is 2.54 bits per heavy atom. The van der Waals surface area contributed by atoms with Gasteiger partial charge in [-0.15, -0.1) is 0 Å². The molecule has 1 aliphatic heterocycles. The number of amides is 1. The van der Waals surface area contributed by atoms with Crippen molar-refractivity contribution in [2.75, 3.05) is 23.3 Å². The van der Waals surface area contributed by atoms with Crippen molar-refractivity contribution in [2.45, 2.75) is 26.2 Å². The standard InChI is InChI=1S/C20H23ClN2O/c1-15-3-2-12-23(14-15)19-10-8-18(9-11-19)22-20(24)13-16-4-6-17(21)7-5-16/h4-11,15H,2-3,12-14H2,1H3,(H,22,24). The third kappa shape index (κ3) is 4.51. The van der Waals surface area contributed by atoms with Crippen molar-refractivity contribution in [3.8, 4) is 0 Å². The Kier molecular flexibility index (Phi) is 5.41. The molecule has 0 saturated carbocycles. The predicted molar refractivity (Wildman–Crippen MR) is 101 cm³/mol. The highest BCUT2D eigenvalue weighted by atomic mass is 35.5. The number of piperidine rings is 1. The van der Waals surface area contributed by atoms with Crippen LogP contribution in [0.5, 0.6) is 0 Å². The van der Waals surface area contributed by atoms with Gasteiger partial charge in [-0.25, -0.2) is 0 Å². The smallest absolute Gasteiger partial charge is 0.228 e. The number of hydrogen-bond donors (Lipinski definition) is 1. The third-order valence-corrected chi connectivity index (χ3v) is 4.70. The highest BCUT2D eigenvalue weighted by molar-refractivity contribution is 6.30. The summed E-state index contributed by atoms with van der Waals surface area (Å²) in [7, 11) is 0. The van der Waals surface area contributed by atoms with Crippen molar-refractivity contribution < 1.29 is 4.79 Å². The highest BCUT2D eigenvalue weighted by Crippen LogP contribution is 2.24. The van der Waals surface area contributed by atoms with E-state index in [2.05, 4.69) is 29.3 Å². The van der Waals surface area contributed by atoms with Crippen LogP contribution in [0.4, 0.5) is 11.4 Å². The summed E-state index contributed by atoms with van der Waals surface area (Å²) in [5.74, 6) is 0.731. The molecule has 2 aromatic rings. The number of nitrogens with one attached hydrogen (secondary N) is 1. The van der Waals surface area contributed by atoms with Crippen LogP contribution in [0, 0.1) is 5.92 Å². The first-order valence-electron chi connectivity index (χ1n) is 8.49. The second-order valence-electron chi connectivity index (χ2n) is 6.59. The topological polar surface area (TPSA) is 32.3 Å². The van der Waals surface area contributed by atoms with Gasteiger partial charge in [0, 0.05) is 29.5 Å². The third-order valence-electron chi connectivity index (χ3n) is 4.45. The van der Waals surface area contributed by atoms with Crippen LogP contribution in [-0.2, 0) is 11.2 Å². The summed E-state index contributed by atoms with van der Waals surface area (Å²) in [6.45, 7) is 4.53. The van der Waals surface area contributed by atoms with E-state index in [1.807, 2.05) is 24.3 Å². The highest BCUT2D eigenvalue weighted by Gasteiger charge is 2.16. The molecule has 1 aliphatic rings. The minimum atomic E-state index is -0.0170. The van der Waals surface area contributed by atoms with Crippen molar-refractivity contribution >= 4 is 28.9 Å². The van der Waals surface area contributed by atoms with Crippen LogP contribution in [0.15, 0.2) is 48.5 Å². The number of benzene rings is 2. The van der Waals surface area contributed by atoms with Crippen molar-refractivity contribution in [1.29, 1.82) is 0 Å². The van der Waals surface area contributed by atoms with Gasteiger partial charge in [0.1, 0.15) is 0 Å². The second-order valence-corrected chi connectivity index (χ2v) is 7.03. The largest absolute Gasteiger partial charge is 0.371 e.